The van der Waals surface area contributed by atoms with E-state index in [0.717, 1.165) is 25.7 Å². The molecule has 11 N–H and O–H groups in total. The second-order valence-electron chi connectivity index (χ2n) is 21.9. The molecule has 0 bridgehead atoms. The molecule has 29 atom stereocenters. The first-order valence-electron chi connectivity index (χ1n) is 23.8. The van der Waals surface area contributed by atoms with Crippen molar-refractivity contribution in [2.75, 3.05) is 13.2 Å². The fourth-order valence-corrected chi connectivity index (χ4v) is 14.6. The summed E-state index contributed by atoms with van der Waals surface area (Å²) < 4.78 is 48.7. The summed E-state index contributed by atoms with van der Waals surface area (Å²) in [4.78, 5) is 0. The number of rotatable bonds is 7. The maximum atomic E-state index is 12.6. The van der Waals surface area contributed by atoms with Gasteiger partial charge in [0.1, 0.15) is 61.0 Å². The molecule has 9 aliphatic rings. The Bertz CT molecular complexity index is 1660. The third-order valence-corrected chi connectivity index (χ3v) is 18.5. The molecule has 5 saturated heterocycles. The summed E-state index contributed by atoms with van der Waals surface area (Å²) in [5.41, 5.74) is -1.89. The van der Waals surface area contributed by atoms with Crippen LogP contribution in [0.1, 0.15) is 92.9 Å². The second kappa shape index (κ2) is 17.3. The molecule has 19 heteroatoms. The first kappa shape index (κ1) is 48.3. The van der Waals surface area contributed by atoms with E-state index in [1.165, 1.54) is 13.8 Å². The largest absolute Gasteiger partial charge is 0.394 e. The molecule has 0 amide bonds. The van der Waals surface area contributed by atoms with Gasteiger partial charge >= 0.3 is 0 Å². The first-order valence-corrected chi connectivity index (χ1v) is 23.8. The highest BCUT2D eigenvalue weighted by Crippen LogP contribution is 2.72. The zero-order chi connectivity index (χ0) is 46.2. The maximum Gasteiger partial charge on any atom is 0.187 e. The fraction of sp³-hybridized carbons (Fsp3) is 1.00. The minimum Gasteiger partial charge on any atom is -0.394 e. The summed E-state index contributed by atoms with van der Waals surface area (Å²) >= 11 is 0. The van der Waals surface area contributed by atoms with Gasteiger partial charge in [0.05, 0.1) is 55.4 Å². The highest BCUT2D eigenvalue weighted by atomic mass is 16.8. The van der Waals surface area contributed by atoms with Crippen LogP contribution in [0.3, 0.4) is 0 Å². The van der Waals surface area contributed by atoms with Crippen molar-refractivity contribution in [2.24, 2.45) is 46.3 Å². The van der Waals surface area contributed by atoms with Crippen molar-refractivity contribution >= 4 is 0 Å². The van der Waals surface area contributed by atoms with Crippen LogP contribution in [-0.2, 0) is 37.9 Å². The summed E-state index contributed by atoms with van der Waals surface area (Å²) in [6.45, 7) is 11.3. The van der Waals surface area contributed by atoms with Crippen LogP contribution in [0, 0.1) is 46.3 Å². The smallest absolute Gasteiger partial charge is 0.187 e. The molecule has 4 saturated carbocycles. The van der Waals surface area contributed by atoms with Crippen molar-refractivity contribution in [3.8, 4) is 0 Å². The van der Waals surface area contributed by atoms with Gasteiger partial charge in [-0.05, 0) is 81.5 Å². The van der Waals surface area contributed by atoms with Crippen LogP contribution < -0.4 is 0 Å². The molecule has 64 heavy (non-hydrogen) atoms. The molecule has 1 spiro atoms. The monoisotopic (exact) mass is 918 g/mol. The fourth-order valence-electron chi connectivity index (χ4n) is 14.6. The third kappa shape index (κ3) is 7.49. The van der Waals surface area contributed by atoms with E-state index in [-0.39, 0.29) is 48.0 Å². The number of fused-ring (bicyclic) bond motifs is 7. The van der Waals surface area contributed by atoms with Gasteiger partial charge in [-0.25, -0.2) is 0 Å². The number of aliphatic hydroxyl groups excluding tert-OH is 10. The Morgan fingerprint density at radius 1 is 0.625 bits per heavy atom. The topological polar surface area (TPSA) is 296 Å². The van der Waals surface area contributed by atoms with Crippen LogP contribution >= 0.6 is 0 Å². The van der Waals surface area contributed by atoms with Crippen molar-refractivity contribution in [2.45, 2.75) is 221 Å². The molecular formula is C45H74O19. The summed E-state index contributed by atoms with van der Waals surface area (Å²) in [7, 11) is 0. The molecule has 0 aromatic carbocycles. The molecule has 19 nitrogen and oxygen atoms in total. The van der Waals surface area contributed by atoms with Gasteiger partial charge in [0.15, 0.2) is 24.7 Å². The van der Waals surface area contributed by atoms with Gasteiger partial charge in [0.25, 0.3) is 0 Å². The van der Waals surface area contributed by atoms with E-state index in [1.807, 2.05) is 6.92 Å². The molecule has 5 aliphatic heterocycles. The van der Waals surface area contributed by atoms with Crippen LogP contribution in [0.25, 0.3) is 0 Å². The quantitative estimate of drug-likeness (QED) is 0.128. The average Bonchev–Trinajstić information content (AvgIpc) is 3.69. The molecule has 0 aromatic heterocycles. The van der Waals surface area contributed by atoms with Crippen molar-refractivity contribution in [3.05, 3.63) is 0 Å². The Morgan fingerprint density at radius 2 is 1.25 bits per heavy atom. The lowest BCUT2D eigenvalue weighted by atomic mass is 9.42. The minimum absolute atomic E-state index is 0.00755. The van der Waals surface area contributed by atoms with Crippen molar-refractivity contribution < 1.29 is 94.1 Å². The van der Waals surface area contributed by atoms with Gasteiger partial charge in [0.2, 0.25) is 0 Å². The van der Waals surface area contributed by atoms with Gasteiger partial charge in [-0.2, -0.15) is 0 Å². The maximum absolute atomic E-state index is 12.6. The summed E-state index contributed by atoms with van der Waals surface area (Å²) in [6, 6.07) is 0. The molecule has 5 heterocycles. The number of hydrogen-bond acceptors (Lipinski definition) is 19. The molecule has 29 unspecified atom stereocenters. The van der Waals surface area contributed by atoms with Crippen molar-refractivity contribution in [1.82, 2.24) is 0 Å². The van der Waals surface area contributed by atoms with Crippen molar-refractivity contribution in [3.63, 3.8) is 0 Å². The Hall–Kier alpha value is -0.760. The predicted octanol–water partition coefficient (Wildman–Crippen LogP) is -1.62. The molecule has 368 valence electrons. The lowest BCUT2D eigenvalue weighted by molar-refractivity contribution is -0.388. The normalized spacial score (nSPS) is 61.0. The summed E-state index contributed by atoms with van der Waals surface area (Å²) in [5, 5.41) is 122. The number of aliphatic hydroxyl groups is 11. The molecule has 4 aliphatic carbocycles. The van der Waals surface area contributed by atoms with Crippen molar-refractivity contribution in [1.29, 1.82) is 0 Å². The van der Waals surface area contributed by atoms with Gasteiger partial charge in [0, 0.05) is 30.1 Å². The van der Waals surface area contributed by atoms with Crippen LogP contribution in [-0.4, -0.2) is 197 Å². The predicted molar refractivity (Wildman–Crippen MR) is 217 cm³/mol. The van der Waals surface area contributed by atoms with Gasteiger partial charge < -0.3 is 94.1 Å². The Kier molecular flexibility index (Phi) is 13.0. The lowest BCUT2D eigenvalue weighted by Gasteiger charge is -2.65. The van der Waals surface area contributed by atoms with E-state index in [1.54, 1.807) is 0 Å². The van der Waals surface area contributed by atoms with E-state index in [0.29, 0.717) is 31.3 Å². The first-order chi connectivity index (χ1) is 30.1. The second-order valence-corrected chi connectivity index (χ2v) is 21.9. The molecule has 9 fully saturated rings. The van der Waals surface area contributed by atoms with Gasteiger partial charge in [-0.1, -0.05) is 27.7 Å². The molecule has 0 radical (unpaired) electrons. The SMILES string of the molecule is CC1COC2(CC1O)OC1CC3C4CCC5(O)CC(OC6OC(CO)C(OC7OC(C)C(O)C(O)C7OC7OC(C)C(O)C(O)C7O)C(O)C6O)C(O)CC5(C)C4CCC3(C)C1C2C. The number of hydrogen-bond donors (Lipinski definition) is 11. The van der Waals surface area contributed by atoms with Crippen LogP contribution in [0.2, 0.25) is 0 Å². The van der Waals surface area contributed by atoms with E-state index in [2.05, 4.69) is 20.8 Å². The van der Waals surface area contributed by atoms with E-state index < -0.39 is 134 Å². The van der Waals surface area contributed by atoms with E-state index in [4.69, 9.17) is 37.9 Å². The van der Waals surface area contributed by atoms with E-state index in [9.17, 15) is 56.2 Å². The average molecular weight is 919 g/mol. The molecule has 9 rings (SSSR count). The Labute approximate surface area is 373 Å². The molecule has 0 aromatic rings. The Morgan fingerprint density at radius 3 is 1.94 bits per heavy atom. The van der Waals surface area contributed by atoms with Crippen LogP contribution in [0.15, 0.2) is 0 Å². The standard InChI is InChI=1S/C45H74O19/c1-17-16-57-45(13-24(17)47)18(2)29-26(64-45)11-23-21-7-10-44(56)14-27(25(48)12-43(44,6)22(21)8-9-42(23,29)5)60-40-36(55)34(53)37(28(15-46)61-40)62-41-38(33(52)31(50)20(4)59-41)63-39-35(54)32(51)30(49)19(3)58-39/h17-41,46-56H,7-16H2,1-6H3. The Balaban J connectivity index is 0.858. The zero-order valence-corrected chi connectivity index (χ0v) is 37.7. The summed E-state index contributed by atoms with van der Waals surface area (Å²) in [6.07, 6.45) is -20.9. The number of ether oxygens (including phenoxy) is 8. The third-order valence-electron chi connectivity index (χ3n) is 18.5. The lowest BCUT2D eigenvalue weighted by Crippen LogP contribution is -2.68. The van der Waals surface area contributed by atoms with Gasteiger partial charge in [-0.15, -0.1) is 0 Å². The highest BCUT2D eigenvalue weighted by molar-refractivity contribution is 5.19. The molecular weight excluding hydrogens is 844 g/mol. The minimum atomic E-state index is -1.81. The van der Waals surface area contributed by atoms with Crippen LogP contribution in [0.5, 0.6) is 0 Å². The van der Waals surface area contributed by atoms with Crippen LogP contribution in [0.4, 0.5) is 0 Å². The zero-order valence-electron chi connectivity index (χ0n) is 37.7. The van der Waals surface area contributed by atoms with E-state index >= 15 is 0 Å². The summed E-state index contributed by atoms with van der Waals surface area (Å²) in [5.74, 6) is 0.463. The van der Waals surface area contributed by atoms with Gasteiger partial charge in [-0.3, -0.25) is 0 Å². The highest BCUT2D eigenvalue weighted by Gasteiger charge is 2.72.